The van der Waals surface area contributed by atoms with Crippen molar-refractivity contribution in [3.05, 3.63) is 64.4 Å². The molecule has 0 bridgehead atoms. The first-order valence-corrected chi connectivity index (χ1v) is 12.7. The number of methoxy groups -OCH3 is 2. The van der Waals surface area contributed by atoms with E-state index in [-0.39, 0.29) is 6.04 Å². The molecule has 1 saturated heterocycles. The van der Waals surface area contributed by atoms with Crippen molar-refractivity contribution in [2.24, 2.45) is 11.6 Å². The molecule has 1 aliphatic heterocycles. The number of hydrogen-bond donors (Lipinski definition) is 2. The third kappa shape index (κ3) is 5.46. The molecule has 4 N–H and O–H groups in total. The van der Waals surface area contributed by atoms with E-state index >= 15 is 0 Å². The van der Waals surface area contributed by atoms with Gasteiger partial charge in [-0.3, -0.25) is 0 Å². The summed E-state index contributed by atoms with van der Waals surface area (Å²) in [5.41, 5.74) is 10.4. The van der Waals surface area contributed by atoms with Crippen LogP contribution in [0.15, 0.2) is 48.3 Å². The van der Waals surface area contributed by atoms with Crippen LogP contribution in [0.1, 0.15) is 48.4 Å². The van der Waals surface area contributed by atoms with Crippen LogP contribution in [0.3, 0.4) is 0 Å². The highest BCUT2D eigenvalue weighted by molar-refractivity contribution is 7.18. The van der Waals surface area contributed by atoms with E-state index in [1.165, 1.54) is 18.4 Å². The molecule has 1 atom stereocenters. The minimum atomic E-state index is -0.312. The number of rotatable bonds is 10. The first-order valence-electron chi connectivity index (χ1n) is 11.8. The van der Waals surface area contributed by atoms with Gasteiger partial charge >= 0.3 is 0 Å². The average molecular weight is 482 g/mol. The predicted octanol–water partition coefficient (Wildman–Crippen LogP) is 4.43. The Morgan fingerprint density at radius 2 is 1.91 bits per heavy atom. The van der Waals surface area contributed by atoms with Crippen LogP contribution in [0.25, 0.3) is 10.2 Å². The molecule has 182 valence electrons. The van der Waals surface area contributed by atoms with Crippen molar-refractivity contribution in [1.82, 2.24) is 14.9 Å². The second-order valence-corrected chi connectivity index (χ2v) is 9.74. The van der Waals surface area contributed by atoms with Crippen LogP contribution in [0.5, 0.6) is 11.5 Å². The number of thiazole rings is 1. The lowest BCUT2D eigenvalue weighted by atomic mass is 10.1. The third-order valence-electron chi connectivity index (χ3n) is 6.36. The lowest BCUT2D eigenvalue weighted by Crippen LogP contribution is -2.32. The first-order chi connectivity index (χ1) is 16.5. The molecule has 1 aliphatic rings. The van der Waals surface area contributed by atoms with Gasteiger partial charge in [0.05, 0.1) is 24.4 Å². The number of nitrogens with zero attached hydrogens (tertiary/aromatic N) is 3. The Hall–Kier alpha value is -2.81. The van der Waals surface area contributed by atoms with Crippen molar-refractivity contribution in [3.8, 4) is 11.5 Å². The molecule has 1 unspecified atom stereocenters. The number of likely N-dealkylation sites (tertiary alicyclic amines) is 1. The highest BCUT2D eigenvalue weighted by Gasteiger charge is 2.24. The summed E-state index contributed by atoms with van der Waals surface area (Å²) in [5, 5.41) is 2.58. The van der Waals surface area contributed by atoms with Crippen LogP contribution < -0.4 is 21.1 Å². The normalized spacial score (nSPS) is 15.6. The largest absolute Gasteiger partial charge is 0.493 e. The van der Waals surface area contributed by atoms with Gasteiger partial charge in [-0.25, -0.2) is 10.8 Å². The molecule has 1 fully saturated rings. The van der Waals surface area contributed by atoms with Gasteiger partial charge in [-0.1, -0.05) is 19.1 Å². The Morgan fingerprint density at radius 3 is 2.62 bits per heavy atom. The van der Waals surface area contributed by atoms with Gasteiger partial charge in [0.1, 0.15) is 11.0 Å². The molecule has 1 aromatic heterocycles. The van der Waals surface area contributed by atoms with Crippen molar-refractivity contribution in [2.45, 2.75) is 38.6 Å². The SMILES string of the molecule is CCc1ccc2nc(C(c3ccc(OC)c(OC)c3)N(N)/C=C(\N)CCN3CCCC3)sc2c1. The summed E-state index contributed by atoms with van der Waals surface area (Å²) in [6, 6.07) is 12.0. The number of aromatic nitrogens is 1. The summed E-state index contributed by atoms with van der Waals surface area (Å²) in [4.78, 5) is 7.40. The molecule has 2 heterocycles. The van der Waals surface area contributed by atoms with Gasteiger partial charge in [-0.05, 0) is 67.7 Å². The fourth-order valence-corrected chi connectivity index (χ4v) is 5.58. The minimum Gasteiger partial charge on any atom is -0.493 e. The second kappa shape index (κ2) is 11.1. The molecule has 34 heavy (non-hydrogen) atoms. The summed E-state index contributed by atoms with van der Waals surface area (Å²) in [7, 11) is 3.27. The van der Waals surface area contributed by atoms with Crippen LogP contribution >= 0.6 is 11.3 Å². The van der Waals surface area contributed by atoms with Crippen LogP contribution in [-0.4, -0.2) is 48.7 Å². The topological polar surface area (TPSA) is 89.9 Å². The average Bonchev–Trinajstić information content (AvgIpc) is 3.52. The number of nitrogens with two attached hydrogens (primary N) is 2. The molecule has 0 spiro atoms. The summed E-state index contributed by atoms with van der Waals surface area (Å²) in [5.74, 6) is 7.99. The molecular weight excluding hydrogens is 446 g/mol. The number of benzene rings is 2. The third-order valence-corrected chi connectivity index (χ3v) is 7.43. The quantitative estimate of drug-likeness (QED) is 0.327. The Balaban J connectivity index is 1.68. The van der Waals surface area contributed by atoms with Crippen molar-refractivity contribution >= 4 is 21.6 Å². The van der Waals surface area contributed by atoms with E-state index in [0.717, 1.165) is 59.0 Å². The number of hydrazine groups is 1. The zero-order valence-electron chi connectivity index (χ0n) is 20.3. The number of aryl methyl sites for hydroxylation is 1. The van der Waals surface area contributed by atoms with Crippen molar-refractivity contribution in [3.63, 3.8) is 0 Å². The van der Waals surface area contributed by atoms with Crippen LogP contribution in [0.4, 0.5) is 0 Å². The van der Waals surface area contributed by atoms with E-state index in [9.17, 15) is 0 Å². The van der Waals surface area contributed by atoms with Gasteiger partial charge in [-0.2, -0.15) is 0 Å². The van der Waals surface area contributed by atoms with Crippen molar-refractivity contribution in [1.29, 1.82) is 0 Å². The Bertz CT molecular complexity index is 1140. The second-order valence-electron chi connectivity index (χ2n) is 8.67. The molecular formula is C26H35N5O2S. The zero-order chi connectivity index (χ0) is 24.1. The van der Waals surface area contributed by atoms with E-state index in [1.807, 2.05) is 24.4 Å². The van der Waals surface area contributed by atoms with Gasteiger partial charge in [0, 0.05) is 24.9 Å². The maximum Gasteiger partial charge on any atom is 0.161 e. The lowest BCUT2D eigenvalue weighted by Gasteiger charge is -2.26. The highest BCUT2D eigenvalue weighted by atomic mass is 32.1. The first kappa shape index (κ1) is 24.3. The molecule has 0 amide bonds. The van der Waals surface area contributed by atoms with Gasteiger partial charge in [-0.15, -0.1) is 11.3 Å². The fourth-order valence-electron chi connectivity index (χ4n) is 4.41. The number of fused-ring (bicyclic) bond motifs is 1. The molecule has 4 rings (SSSR count). The highest BCUT2D eigenvalue weighted by Crippen LogP contribution is 2.37. The molecule has 2 aromatic carbocycles. The molecule has 0 saturated carbocycles. The Labute approximate surface area is 205 Å². The Kier molecular flexibility index (Phi) is 7.92. The summed E-state index contributed by atoms with van der Waals surface area (Å²) in [6.45, 7) is 5.42. The monoisotopic (exact) mass is 481 g/mol. The fraction of sp³-hybridized carbons (Fsp3) is 0.423. The summed E-state index contributed by atoms with van der Waals surface area (Å²) in [6.07, 6.45) is 6.16. The predicted molar refractivity (Wildman–Crippen MR) is 139 cm³/mol. The van der Waals surface area contributed by atoms with Gasteiger partial charge in [0.2, 0.25) is 0 Å². The van der Waals surface area contributed by atoms with Crippen LogP contribution in [0, 0.1) is 0 Å². The smallest absolute Gasteiger partial charge is 0.161 e. The van der Waals surface area contributed by atoms with E-state index < -0.39 is 0 Å². The van der Waals surface area contributed by atoms with E-state index in [0.29, 0.717) is 11.5 Å². The summed E-state index contributed by atoms with van der Waals surface area (Å²) < 4.78 is 12.2. The molecule has 7 nitrogen and oxygen atoms in total. The minimum absolute atomic E-state index is 0.312. The standard InChI is InChI=1S/C26H35N5O2S/c1-4-18-7-9-21-24(15-18)34-26(29-21)25(19-8-10-22(32-2)23(16-19)33-3)31(28)17-20(27)11-14-30-12-5-6-13-30/h7-10,15-17,25H,4-6,11-14,27-28H2,1-3H3/b20-17-. The van der Waals surface area contributed by atoms with E-state index in [2.05, 4.69) is 30.0 Å². The van der Waals surface area contributed by atoms with E-state index in [1.54, 1.807) is 30.6 Å². The molecule has 8 heteroatoms. The number of ether oxygens (including phenoxy) is 2. The van der Waals surface area contributed by atoms with Crippen molar-refractivity contribution < 1.29 is 9.47 Å². The van der Waals surface area contributed by atoms with Gasteiger partial charge < -0.3 is 25.1 Å². The van der Waals surface area contributed by atoms with Gasteiger partial charge in [0.15, 0.2) is 11.5 Å². The molecule has 0 aliphatic carbocycles. The van der Waals surface area contributed by atoms with E-state index in [4.69, 9.17) is 26.0 Å². The molecule has 3 aromatic rings. The zero-order valence-corrected chi connectivity index (χ0v) is 21.1. The van der Waals surface area contributed by atoms with Crippen LogP contribution in [0.2, 0.25) is 0 Å². The summed E-state index contributed by atoms with van der Waals surface area (Å²) >= 11 is 1.66. The number of hydrogen-bond acceptors (Lipinski definition) is 8. The van der Waals surface area contributed by atoms with Gasteiger partial charge in [0.25, 0.3) is 0 Å². The van der Waals surface area contributed by atoms with Crippen LogP contribution in [-0.2, 0) is 6.42 Å². The maximum absolute atomic E-state index is 6.66. The maximum atomic E-state index is 6.66. The molecule has 0 radical (unpaired) electrons. The van der Waals surface area contributed by atoms with Crippen molar-refractivity contribution in [2.75, 3.05) is 33.9 Å². The Morgan fingerprint density at radius 1 is 1.15 bits per heavy atom. The lowest BCUT2D eigenvalue weighted by molar-refractivity contribution is 0.315.